The van der Waals surface area contributed by atoms with Gasteiger partial charge in [-0.25, -0.2) is 0 Å². The van der Waals surface area contributed by atoms with Crippen LogP contribution >= 0.6 is 12.4 Å². The molecule has 0 radical (unpaired) electrons. The topological polar surface area (TPSA) is 12.0 Å². The average Bonchev–Trinajstić information content (AvgIpc) is 1.91. The van der Waals surface area contributed by atoms with Gasteiger partial charge in [-0.05, 0) is 25.8 Å². The summed E-state index contributed by atoms with van der Waals surface area (Å²) in [4.78, 5) is 0. The fourth-order valence-electron chi connectivity index (χ4n) is 0.990. The summed E-state index contributed by atoms with van der Waals surface area (Å²) in [6.45, 7) is 5.77. The summed E-state index contributed by atoms with van der Waals surface area (Å²) >= 11 is 0. The van der Waals surface area contributed by atoms with Crippen molar-refractivity contribution in [1.82, 2.24) is 5.32 Å². The third-order valence-electron chi connectivity index (χ3n) is 1.92. The van der Waals surface area contributed by atoms with Crippen LogP contribution in [0.4, 0.5) is 0 Å². The van der Waals surface area contributed by atoms with E-state index in [2.05, 4.69) is 19.2 Å². The Morgan fingerprint density at radius 2 is 2.00 bits per heavy atom. The Morgan fingerprint density at radius 1 is 1.38 bits per heavy atom. The lowest BCUT2D eigenvalue weighted by Gasteiger charge is -2.05. The summed E-state index contributed by atoms with van der Waals surface area (Å²) in [7, 11) is 0. The minimum Gasteiger partial charge on any atom is -0.314 e. The highest BCUT2D eigenvalue weighted by atomic mass is 35.5. The van der Waals surface area contributed by atoms with Gasteiger partial charge in [0.2, 0.25) is 0 Å². The lowest BCUT2D eigenvalue weighted by atomic mass is 10.1. The maximum Gasteiger partial charge on any atom is 0.00648 e. The molecule has 1 saturated heterocycles. The molecule has 2 heteroatoms. The van der Waals surface area contributed by atoms with Gasteiger partial charge in [-0.3, -0.25) is 0 Å². The molecule has 0 aromatic heterocycles. The van der Waals surface area contributed by atoms with Gasteiger partial charge in [0, 0.05) is 6.04 Å². The van der Waals surface area contributed by atoms with Crippen LogP contribution in [0.2, 0.25) is 0 Å². The number of halogens is 1. The highest BCUT2D eigenvalue weighted by molar-refractivity contribution is 5.85. The zero-order valence-corrected chi connectivity index (χ0v) is 6.29. The molecule has 1 aliphatic heterocycles. The molecule has 2 unspecified atom stereocenters. The predicted molar refractivity (Wildman–Crippen MR) is 38.5 cm³/mol. The van der Waals surface area contributed by atoms with Crippen molar-refractivity contribution < 1.29 is 0 Å². The van der Waals surface area contributed by atoms with Gasteiger partial charge in [0.15, 0.2) is 0 Å². The second kappa shape index (κ2) is 3.31. The first-order chi connectivity index (χ1) is 3.30. The van der Waals surface area contributed by atoms with Gasteiger partial charge in [0.05, 0.1) is 0 Å². The van der Waals surface area contributed by atoms with Crippen LogP contribution < -0.4 is 5.32 Å². The van der Waals surface area contributed by atoms with Crippen LogP contribution in [0.15, 0.2) is 0 Å². The zero-order chi connectivity index (χ0) is 5.28. The van der Waals surface area contributed by atoms with Crippen LogP contribution in [0, 0.1) is 5.92 Å². The van der Waals surface area contributed by atoms with Crippen molar-refractivity contribution in [2.75, 3.05) is 6.54 Å². The van der Waals surface area contributed by atoms with Gasteiger partial charge in [-0.1, -0.05) is 6.92 Å². The molecule has 1 rings (SSSR count). The highest BCUT2D eigenvalue weighted by Crippen LogP contribution is 2.12. The molecule has 0 aliphatic carbocycles. The predicted octanol–water partition coefficient (Wildman–Crippen LogP) is 1.43. The minimum atomic E-state index is 0. The Balaban J connectivity index is 0.000000490. The molecular formula is C6H14ClN. The summed E-state index contributed by atoms with van der Waals surface area (Å²) in [6.07, 6.45) is 1.36. The molecule has 0 amide bonds. The van der Waals surface area contributed by atoms with Crippen molar-refractivity contribution in [2.24, 2.45) is 5.92 Å². The monoisotopic (exact) mass is 135 g/mol. The summed E-state index contributed by atoms with van der Waals surface area (Å²) in [5.41, 5.74) is 0. The van der Waals surface area contributed by atoms with Crippen molar-refractivity contribution in [3.05, 3.63) is 0 Å². The molecule has 2 atom stereocenters. The molecule has 0 saturated carbocycles. The van der Waals surface area contributed by atoms with Crippen LogP contribution in [0.3, 0.4) is 0 Å². The first-order valence-electron chi connectivity index (χ1n) is 3.04. The minimum absolute atomic E-state index is 0. The van der Waals surface area contributed by atoms with E-state index < -0.39 is 0 Å². The summed E-state index contributed by atoms with van der Waals surface area (Å²) in [5.74, 6) is 0.903. The summed E-state index contributed by atoms with van der Waals surface area (Å²) in [5, 5.41) is 3.37. The number of nitrogens with one attached hydrogen (secondary N) is 1. The van der Waals surface area contributed by atoms with Crippen LogP contribution in [-0.4, -0.2) is 12.6 Å². The second-order valence-electron chi connectivity index (χ2n) is 2.51. The highest BCUT2D eigenvalue weighted by Gasteiger charge is 2.16. The quantitative estimate of drug-likeness (QED) is 0.530. The lowest BCUT2D eigenvalue weighted by molar-refractivity contribution is 0.519. The smallest absolute Gasteiger partial charge is 0.00648 e. The zero-order valence-electron chi connectivity index (χ0n) is 5.48. The van der Waals surface area contributed by atoms with E-state index in [9.17, 15) is 0 Å². The fraction of sp³-hybridized carbons (Fsp3) is 1.00. The van der Waals surface area contributed by atoms with E-state index in [0.29, 0.717) is 0 Å². The Kier molecular flexibility index (Phi) is 3.41. The molecular weight excluding hydrogens is 122 g/mol. The van der Waals surface area contributed by atoms with E-state index >= 15 is 0 Å². The third-order valence-corrected chi connectivity index (χ3v) is 1.92. The standard InChI is InChI=1S/C6H13N.ClH/c1-5-3-4-7-6(5)2;/h5-7H,3-4H2,1-2H3;1H. The van der Waals surface area contributed by atoms with Gasteiger partial charge in [0.1, 0.15) is 0 Å². The van der Waals surface area contributed by atoms with Gasteiger partial charge >= 0.3 is 0 Å². The Labute approximate surface area is 57.3 Å². The van der Waals surface area contributed by atoms with Crippen LogP contribution in [-0.2, 0) is 0 Å². The number of hydrogen-bond donors (Lipinski definition) is 1. The van der Waals surface area contributed by atoms with Crippen molar-refractivity contribution >= 4 is 12.4 Å². The molecule has 1 fully saturated rings. The molecule has 0 aromatic rings. The lowest BCUT2D eigenvalue weighted by Crippen LogP contribution is -2.20. The molecule has 1 aliphatic rings. The maximum atomic E-state index is 3.37. The number of rotatable bonds is 0. The van der Waals surface area contributed by atoms with Crippen LogP contribution in [0.25, 0.3) is 0 Å². The van der Waals surface area contributed by atoms with E-state index in [-0.39, 0.29) is 12.4 Å². The molecule has 8 heavy (non-hydrogen) atoms. The largest absolute Gasteiger partial charge is 0.314 e. The first-order valence-corrected chi connectivity index (χ1v) is 3.04. The normalized spacial score (nSPS) is 36.8. The fourth-order valence-corrected chi connectivity index (χ4v) is 0.990. The van der Waals surface area contributed by atoms with Gasteiger partial charge in [0.25, 0.3) is 0 Å². The molecule has 1 nitrogen and oxygen atoms in total. The third kappa shape index (κ3) is 1.64. The Hall–Kier alpha value is 0.250. The summed E-state index contributed by atoms with van der Waals surface area (Å²) < 4.78 is 0. The molecule has 0 bridgehead atoms. The molecule has 50 valence electrons. The van der Waals surface area contributed by atoms with Crippen LogP contribution in [0.1, 0.15) is 20.3 Å². The van der Waals surface area contributed by atoms with E-state index in [4.69, 9.17) is 0 Å². The molecule has 0 aromatic carbocycles. The summed E-state index contributed by atoms with van der Waals surface area (Å²) in [6, 6.07) is 0.764. The van der Waals surface area contributed by atoms with Crippen molar-refractivity contribution in [1.29, 1.82) is 0 Å². The van der Waals surface area contributed by atoms with Gasteiger partial charge in [-0.15, -0.1) is 12.4 Å². The molecule has 0 spiro atoms. The number of hydrogen-bond acceptors (Lipinski definition) is 1. The van der Waals surface area contributed by atoms with E-state index in [1.165, 1.54) is 13.0 Å². The van der Waals surface area contributed by atoms with Gasteiger partial charge in [-0.2, -0.15) is 0 Å². The average molecular weight is 136 g/mol. The Morgan fingerprint density at radius 3 is 2.12 bits per heavy atom. The van der Waals surface area contributed by atoms with E-state index in [0.717, 1.165) is 12.0 Å². The molecule has 1 heterocycles. The SMILES string of the molecule is CC1CCNC1C.Cl. The van der Waals surface area contributed by atoms with Gasteiger partial charge < -0.3 is 5.32 Å². The van der Waals surface area contributed by atoms with Crippen molar-refractivity contribution in [3.8, 4) is 0 Å². The maximum absolute atomic E-state index is 3.37. The van der Waals surface area contributed by atoms with Crippen LogP contribution in [0.5, 0.6) is 0 Å². The van der Waals surface area contributed by atoms with Crippen molar-refractivity contribution in [2.45, 2.75) is 26.3 Å². The second-order valence-corrected chi connectivity index (χ2v) is 2.51. The first kappa shape index (κ1) is 8.25. The van der Waals surface area contributed by atoms with E-state index in [1.54, 1.807) is 0 Å². The van der Waals surface area contributed by atoms with E-state index in [1.807, 2.05) is 0 Å². The van der Waals surface area contributed by atoms with Crippen molar-refractivity contribution in [3.63, 3.8) is 0 Å². The Bertz CT molecular complexity index is 57.5. The molecule has 1 N–H and O–H groups in total.